The van der Waals surface area contributed by atoms with E-state index in [2.05, 4.69) is 43.0 Å². The summed E-state index contributed by atoms with van der Waals surface area (Å²) in [7, 11) is -3.50. The van der Waals surface area contributed by atoms with Crippen LogP contribution in [0.5, 0.6) is 0 Å². The van der Waals surface area contributed by atoms with Crippen LogP contribution in [0, 0.1) is 12.8 Å². The molecule has 0 bridgehead atoms. The molecule has 2 aromatic carbocycles. The molecular weight excluding hydrogens is 554 g/mol. The molecule has 204 valence electrons. The van der Waals surface area contributed by atoms with Gasteiger partial charge in [0, 0.05) is 42.8 Å². The Hall–Kier alpha value is -2.79. The van der Waals surface area contributed by atoms with E-state index in [1.54, 1.807) is 6.92 Å². The van der Waals surface area contributed by atoms with Crippen LogP contribution >= 0.6 is 22.9 Å². The summed E-state index contributed by atoms with van der Waals surface area (Å²) in [5, 5.41) is 1.85. The van der Waals surface area contributed by atoms with Crippen LogP contribution in [-0.4, -0.2) is 68.5 Å². The molecule has 39 heavy (non-hydrogen) atoms. The highest BCUT2D eigenvalue weighted by atomic mass is 35.5. The molecule has 4 heterocycles. The number of thiazole rings is 1. The molecular formula is C28H30ClN5O3S2. The average Bonchev–Trinajstić information content (AvgIpc) is 3.36. The zero-order chi connectivity index (χ0) is 27.0. The quantitative estimate of drug-likeness (QED) is 0.285. The Morgan fingerprint density at radius 2 is 1.82 bits per heavy atom. The fraction of sp³-hybridized carbons (Fsp3) is 0.393. The molecule has 2 aromatic heterocycles. The van der Waals surface area contributed by atoms with Gasteiger partial charge in [0.1, 0.15) is 15.0 Å². The van der Waals surface area contributed by atoms with Gasteiger partial charge >= 0.3 is 0 Å². The maximum absolute atomic E-state index is 13.6. The SMILES string of the molecule is Cc1nc(-c2ccccc2)sc1S(=O)(=O)CC1CCCN(c2nc(Cl)nc3cc(N4CCOCC4)ccc23)C1. The van der Waals surface area contributed by atoms with Gasteiger partial charge in [0.25, 0.3) is 0 Å². The number of ether oxygens (including phenoxy) is 1. The number of anilines is 2. The predicted molar refractivity (Wildman–Crippen MR) is 157 cm³/mol. The van der Waals surface area contributed by atoms with E-state index in [4.69, 9.17) is 16.3 Å². The average molecular weight is 584 g/mol. The first-order chi connectivity index (χ1) is 18.9. The molecule has 11 heteroatoms. The molecule has 2 aliphatic rings. The number of sulfone groups is 1. The number of benzene rings is 2. The van der Waals surface area contributed by atoms with Crippen molar-refractivity contribution in [3.8, 4) is 10.6 Å². The molecule has 0 N–H and O–H groups in total. The highest BCUT2D eigenvalue weighted by Crippen LogP contribution is 2.35. The molecule has 4 aromatic rings. The molecule has 0 spiro atoms. The zero-order valence-corrected chi connectivity index (χ0v) is 24.1. The Labute approximate surface area is 237 Å². The first kappa shape index (κ1) is 26.4. The Bertz CT molecular complexity index is 1590. The molecule has 2 saturated heterocycles. The minimum absolute atomic E-state index is 0.0261. The van der Waals surface area contributed by atoms with Crippen LogP contribution in [0.25, 0.3) is 21.5 Å². The lowest BCUT2D eigenvalue weighted by molar-refractivity contribution is 0.122. The Morgan fingerprint density at radius 1 is 1.03 bits per heavy atom. The van der Waals surface area contributed by atoms with Gasteiger partial charge in [-0.25, -0.2) is 18.4 Å². The Balaban J connectivity index is 1.23. The molecule has 6 rings (SSSR count). The van der Waals surface area contributed by atoms with E-state index in [9.17, 15) is 8.42 Å². The molecule has 2 fully saturated rings. The zero-order valence-electron chi connectivity index (χ0n) is 21.7. The number of morpholine rings is 1. The highest BCUT2D eigenvalue weighted by Gasteiger charge is 2.30. The van der Waals surface area contributed by atoms with Crippen LogP contribution in [0.1, 0.15) is 18.5 Å². The number of piperidine rings is 1. The summed E-state index contributed by atoms with van der Waals surface area (Å²) < 4.78 is 33.0. The van der Waals surface area contributed by atoms with Crippen molar-refractivity contribution < 1.29 is 13.2 Å². The van der Waals surface area contributed by atoms with Crippen LogP contribution in [0.3, 0.4) is 0 Å². The van der Waals surface area contributed by atoms with Gasteiger partial charge in [-0.1, -0.05) is 30.3 Å². The standard InChI is InChI=1S/C28H30ClN5O3S2/c1-19-27(38-26(30-19)21-7-3-2-4-8-21)39(35,36)18-20-6-5-11-34(17-20)25-23-10-9-22(33-12-14-37-15-13-33)16-24(23)31-28(29)32-25/h2-4,7-10,16,20H,5-6,11-15,17-18H2,1H3. The van der Waals surface area contributed by atoms with Gasteiger partial charge in [-0.2, -0.15) is 4.98 Å². The number of rotatable bonds is 6. The lowest BCUT2D eigenvalue weighted by Gasteiger charge is -2.34. The Kier molecular flexibility index (Phi) is 7.45. The van der Waals surface area contributed by atoms with Gasteiger partial charge in [-0.3, -0.25) is 0 Å². The monoisotopic (exact) mass is 583 g/mol. The second-order valence-corrected chi connectivity index (χ2v) is 13.7. The molecule has 0 aliphatic carbocycles. The van der Waals surface area contributed by atoms with Crippen LogP contribution in [0.2, 0.25) is 5.28 Å². The Morgan fingerprint density at radius 3 is 2.62 bits per heavy atom. The van der Waals surface area contributed by atoms with Crippen LogP contribution < -0.4 is 9.80 Å². The summed E-state index contributed by atoms with van der Waals surface area (Å²) in [6, 6.07) is 15.9. The number of nitrogens with zero attached hydrogens (tertiary/aromatic N) is 5. The van der Waals surface area contributed by atoms with Crippen molar-refractivity contribution in [2.24, 2.45) is 5.92 Å². The van der Waals surface area contributed by atoms with Crippen molar-refractivity contribution in [3.05, 3.63) is 59.5 Å². The molecule has 1 unspecified atom stereocenters. The second-order valence-electron chi connectivity index (χ2n) is 10.1. The van der Waals surface area contributed by atoms with E-state index in [1.807, 2.05) is 30.3 Å². The van der Waals surface area contributed by atoms with Crippen molar-refractivity contribution >= 4 is 55.2 Å². The molecule has 0 radical (unpaired) electrons. The summed E-state index contributed by atoms with van der Waals surface area (Å²) >= 11 is 7.65. The summed E-state index contributed by atoms with van der Waals surface area (Å²) in [5.74, 6) is 0.821. The highest BCUT2D eigenvalue weighted by molar-refractivity contribution is 7.93. The van der Waals surface area contributed by atoms with Crippen molar-refractivity contribution in [1.82, 2.24) is 15.0 Å². The molecule has 1 atom stereocenters. The van der Waals surface area contributed by atoms with Crippen molar-refractivity contribution in [3.63, 3.8) is 0 Å². The summed E-state index contributed by atoms with van der Waals surface area (Å²) in [6.45, 7) is 6.26. The van der Waals surface area contributed by atoms with E-state index >= 15 is 0 Å². The minimum Gasteiger partial charge on any atom is -0.378 e. The van der Waals surface area contributed by atoms with E-state index in [-0.39, 0.29) is 17.0 Å². The van der Waals surface area contributed by atoms with Crippen LogP contribution in [-0.2, 0) is 14.6 Å². The summed E-state index contributed by atoms with van der Waals surface area (Å²) in [5.41, 5.74) is 3.37. The van der Waals surface area contributed by atoms with E-state index in [1.165, 1.54) is 11.3 Å². The number of aromatic nitrogens is 3. The lowest BCUT2D eigenvalue weighted by Crippen LogP contribution is -2.39. The lowest BCUT2D eigenvalue weighted by atomic mass is 9.99. The fourth-order valence-corrected chi connectivity index (χ4v) is 8.95. The van der Waals surface area contributed by atoms with E-state index < -0.39 is 9.84 Å². The number of hydrogen-bond acceptors (Lipinski definition) is 9. The molecule has 0 saturated carbocycles. The van der Waals surface area contributed by atoms with E-state index in [0.29, 0.717) is 29.7 Å². The van der Waals surface area contributed by atoms with Crippen LogP contribution in [0.4, 0.5) is 11.5 Å². The third-order valence-electron chi connectivity index (χ3n) is 7.34. The topological polar surface area (TPSA) is 88.5 Å². The largest absolute Gasteiger partial charge is 0.378 e. The first-order valence-electron chi connectivity index (χ1n) is 13.2. The molecule has 0 amide bonds. The van der Waals surface area contributed by atoms with Gasteiger partial charge in [0.2, 0.25) is 5.28 Å². The van der Waals surface area contributed by atoms with Gasteiger partial charge in [-0.15, -0.1) is 11.3 Å². The fourth-order valence-electron chi connectivity index (χ4n) is 5.49. The summed E-state index contributed by atoms with van der Waals surface area (Å²) in [6.07, 6.45) is 1.73. The normalized spacial score (nSPS) is 18.6. The smallest absolute Gasteiger partial charge is 0.224 e. The maximum atomic E-state index is 13.6. The van der Waals surface area contributed by atoms with Gasteiger partial charge < -0.3 is 14.5 Å². The van der Waals surface area contributed by atoms with Crippen molar-refractivity contribution in [2.45, 2.75) is 24.0 Å². The van der Waals surface area contributed by atoms with Gasteiger partial charge in [0.15, 0.2) is 9.84 Å². The van der Waals surface area contributed by atoms with Crippen molar-refractivity contribution in [1.29, 1.82) is 0 Å². The third kappa shape index (κ3) is 5.61. The number of fused-ring (bicyclic) bond motifs is 1. The third-order valence-corrected chi connectivity index (χ3v) is 11.3. The second kappa shape index (κ2) is 11.0. The first-order valence-corrected chi connectivity index (χ1v) is 16.0. The van der Waals surface area contributed by atoms with Crippen molar-refractivity contribution in [2.75, 3.05) is 54.9 Å². The number of halogens is 1. The molecule has 2 aliphatic heterocycles. The molecule has 8 nitrogen and oxygen atoms in total. The summed E-state index contributed by atoms with van der Waals surface area (Å²) in [4.78, 5) is 18.1. The predicted octanol–water partition coefficient (Wildman–Crippen LogP) is 5.24. The number of aryl methyl sites for hydroxylation is 1. The maximum Gasteiger partial charge on any atom is 0.224 e. The minimum atomic E-state index is -3.50. The van der Waals surface area contributed by atoms with Crippen LogP contribution in [0.15, 0.2) is 52.7 Å². The van der Waals surface area contributed by atoms with Gasteiger partial charge in [-0.05, 0) is 55.5 Å². The number of hydrogen-bond donors (Lipinski definition) is 0. The van der Waals surface area contributed by atoms with E-state index in [0.717, 1.165) is 65.5 Å². The van der Waals surface area contributed by atoms with Gasteiger partial charge in [0.05, 0.1) is 30.2 Å².